The monoisotopic (exact) mass is 680 g/mol. The minimum absolute atomic E-state index is 0.109. The first-order chi connectivity index (χ1) is 24.3. The van der Waals surface area contributed by atoms with Gasteiger partial charge in [0.2, 0.25) is 0 Å². The molecule has 51 heavy (non-hydrogen) atoms. The van der Waals surface area contributed by atoms with Crippen LogP contribution in [0.1, 0.15) is 77.9 Å². The van der Waals surface area contributed by atoms with Crippen LogP contribution < -0.4 is 0 Å². The molecule has 0 radical (unpaired) electrons. The second-order valence-electron chi connectivity index (χ2n) is 13.9. The maximum atomic E-state index is 11.6. The largest absolute Gasteiger partial charge is 0.508 e. The summed E-state index contributed by atoms with van der Waals surface area (Å²) < 4.78 is 0. The Morgan fingerprint density at radius 2 is 0.529 bits per heavy atom. The van der Waals surface area contributed by atoms with Gasteiger partial charge in [0, 0.05) is 25.7 Å². The molecule has 0 aliphatic rings. The fourth-order valence-corrected chi connectivity index (χ4v) is 6.89. The lowest BCUT2D eigenvalue weighted by molar-refractivity contribution is 0.455. The van der Waals surface area contributed by atoms with Crippen LogP contribution >= 0.6 is 0 Å². The Morgan fingerprint density at radius 3 is 0.765 bits per heavy atom. The van der Waals surface area contributed by atoms with Gasteiger partial charge in [0.05, 0.1) is 0 Å². The Labute approximate surface area is 299 Å². The SMILES string of the molecule is Cc1ccc(O)c(Cc2cc(Cc3cc(Cc4cc(C)ccc4O)c(O)c(Cc4cc(C)ccc4O)c3)cc(Cc3cc(C)ccc3O)c2O)c1. The summed E-state index contributed by atoms with van der Waals surface area (Å²) in [6, 6.07) is 29.4. The van der Waals surface area contributed by atoms with Crippen molar-refractivity contribution in [3.63, 3.8) is 0 Å². The fourth-order valence-electron chi connectivity index (χ4n) is 6.89. The van der Waals surface area contributed by atoms with Gasteiger partial charge in [0.25, 0.3) is 0 Å². The van der Waals surface area contributed by atoms with Gasteiger partial charge in [-0.25, -0.2) is 0 Å². The van der Waals surface area contributed by atoms with Crippen LogP contribution in [0.4, 0.5) is 0 Å². The van der Waals surface area contributed by atoms with Gasteiger partial charge in [-0.05, 0) is 114 Å². The topological polar surface area (TPSA) is 121 Å². The Hall–Kier alpha value is -5.88. The van der Waals surface area contributed by atoms with E-state index >= 15 is 0 Å². The van der Waals surface area contributed by atoms with E-state index in [1.54, 1.807) is 24.3 Å². The molecule has 6 nitrogen and oxygen atoms in total. The zero-order valence-corrected chi connectivity index (χ0v) is 29.5. The van der Waals surface area contributed by atoms with Crippen LogP contribution in [0.3, 0.4) is 0 Å². The van der Waals surface area contributed by atoms with Crippen LogP contribution in [0.25, 0.3) is 0 Å². The van der Waals surface area contributed by atoms with Gasteiger partial charge in [-0.1, -0.05) is 95.1 Å². The second-order valence-corrected chi connectivity index (χ2v) is 13.9. The van der Waals surface area contributed by atoms with Gasteiger partial charge < -0.3 is 30.6 Å². The summed E-state index contributed by atoms with van der Waals surface area (Å²) in [5, 5.41) is 66.0. The lowest BCUT2D eigenvalue weighted by atomic mass is 9.89. The number of hydrogen-bond acceptors (Lipinski definition) is 6. The van der Waals surface area contributed by atoms with Crippen LogP contribution in [0, 0.1) is 27.7 Å². The molecule has 0 atom stereocenters. The summed E-state index contributed by atoms with van der Waals surface area (Å²) in [4.78, 5) is 0. The Bertz CT molecular complexity index is 1940. The highest BCUT2D eigenvalue weighted by Crippen LogP contribution is 2.36. The number of hydrogen-bond donors (Lipinski definition) is 6. The molecule has 0 spiro atoms. The molecule has 0 unspecified atom stereocenters. The van der Waals surface area contributed by atoms with E-state index < -0.39 is 0 Å². The molecule has 0 fully saturated rings. The minimum Gasteiger partial charge on any atom is -0.508 e. The van der Waals surface area contributed by atoms with E-state index in [1.807, 2.05) is 100 Å². The van der Waals surface area contributed by atoms with E-state index in [1.165, 1.54) is 0 Å². The van der Waals surface area contributed by atoms with E-state index in [9.17, 15) is 30.6 Å². The molecule has 0 heterocycles. The first-order valence-corrected chi connectivity index (χ1v) is 17.1. The van der Waals surface area contributed by atoms with Gasteiger partial charge in [-0.3, -0.25) is 0 Å². The maximum absolute atomic E-state index is 11.6. The Morgan fingerprint density at radius 1 is 0.294 bits per heavy atom. The molecular weight excluding hydrogens is 636 g/mol. The van der Waals surface area contributed by atoms with Crippen molar-refractivity contribution in [2.45, 2.75) is 59.8 Å². The van der Waals surface area contributed by atoms with Crippen molar-refractivity contribution in [2.24, 2.45) is 0 Å². The molecule has 0 bridgehead atoms. The zero-order chi connectivity index (χ0) is 36.4. The van der Waals surface area contributed by atoms with Crippen molar-refractivity contribution in [3.8, 4) is 34.5 Å². The number of phenols is 6. The predicted molar refractivity (Wildman–Crippen MR) is 202 cm³/mol. The summed E-state index contributed by atoms with van der Waals surface area (Å²) in [6.45, 7) is 7.83. The van der Waals surface area contributed by atoms with Gasteiger partial charge in [-0.15, -0.1) is 0 Å². The molecule has 6 heteroatoms. The molecule has 6 rings (SSSR count). The number of phenolic OH excluding ortho intramolecular Hbond substituents is 6. The molecule has 260 valence electrons. The molecular formula is C45H44O6. The van der Waals surface area contributed by atoms with E-state index in [0.29, 0.717) is 76.6 Å². The van der Waals surface area contributed by atoms with Crippen LogP contribution in [0.15, 0.2) is 97.1 Å². The summed E-state index contributed by atoms with van der Waals surface area (Å²) >= 11 is 0. The van der Waals surface area contributed by atoms with E-state index in [-0.39, 0.29) is 34.5 Å². The summed E-state index contributed by atoms with van der Waals surface area (Å²) in [5.41, 5.74) is 11.1. The van der Waals surface area contributed by atoms with Crippen molar-refractivity contribution < 1.29 is 30.6 Å². The molecule has 0 aliphatic carbocycles. The number of aryl methyl sites for hydroxylation is 4. The van der Waals surface area contributed by atoms with Crippen molar-refractivity contribution in [1.82, 2.24) is 0 Å². The van der Waals surface area contributed by atoms with E-state index in [2.05, 4.69) is 0 Å². The second kappa shape index (κ2) is 14.5. The molecule has 6 N–H and O–H groups in total. The molecule has 0 saturated heterocycles. The Balaban J connectivity index is 1.46. The summed E-state index contributed by atoms with van der Waals surface area (Å²) in [7, 11) is 0. The lowest BCUT2D eigenvalue weighted by Crippen LogP contribution is -2.02. The van der Waals surface area contributed by atoms with Crippen molar-refractivity contribution in [1.29, 1.82) is 0 Å². The Kier molecular flexibility index (Phi) is 9.97. The number of rotatable bonds is 10. The first-order valence-electron chi connectivity index (χ1n) is 17.1. The summed E-state index contributed by atoms with van der Waals surface area (Å²) in [5.74, 6) is 0.810. The average molecular weight is 681 g/mol. The normalized spacial score (nSPS) is 11.2. The van der Waals surface area contributed by atoms with Crippen LogP contribution in [-0.2, 0) is 32.1 Å². The quantitative estimate of drug-likeness (QED) is 0.0859. The van der Waals surface area contributed by atoms with Crippen molar-refractivity contribution in [3.05, 3.63) is 175 Å². The molecule has 0 aliphatic heterocycles. The predicted octanol–water partition coefficient (Wildman–Crippen LogP) is 9.11. The van der Waals surface area contributed by atoms with E-state index in [4.69, 9.17) is 0 Å². The minimum atomic E-state index is 0.109. The van der Waals surface area contributed by atoms with Gasteiger partial charge in [0.1, 0.15) is 34.5 Å². The zero-order valence-electron chi connectivity index (χ0n) is 29.5. The summed E-state index contributed by atoms with van der Waals surface area (Å²) in [6.07, 6.45) is 1.63. The molecule has 0 amide bonds. The maximum Gasteiger partial charge on any atom is 0.122 e. The third-order valence-electron chi connectivity index (χ3n) is 9.53. The van der Waals surface area contributed by atoms with Crippen molar-refractivity contribution >= 4 is 0 Å². The van der Waals surface area contributed by atoms with Crippen LogP contribution in [0.5, 0.6) is 34.5 Å². The fraction of sp³-hybridized carbons (Fsp3) is 0.200. The average Bonchev–Trinajstić information content (AvgIpc) is 3.08. The molecule has 6 aromatic rings. The smallest absolute Gasteiger partial charge is 0.122 e. The molecule has 6 aromatic carbocycles. The standard InChI is InChI=1S/C45H44O6/c1-26-5-9-40(46)32(13-26)22-36-18-30(19-37(44(36)50)23-33-14-27(2)6-10-41(33)47)17-31-20-38(24-34-15-28(3)7-11-42(34)48)45(51)39(21-31)25-35-16-29(4)8-12-43(35)49/h5-16,18-21,46-51H,17,22-25H2,1-4H3. The third kappa shape index (κ3) is 8.13. The lowest BCUT2D eigenvalue weighted by Gasteiger charge is -2.18. The van der Waals surface area contributed by atoms with Crippen LogP contribution in [0.2, 0.25) is 0 Å². The number of benzene rings is 6. The molecule has 0 saturated carbocycles. The molecule has 0 aromatic heterocycles. The highest BCUT2D eigenvalue weighted by molar-refractivity contribution is 5.55. The van der Waals surface area contributed by atoms with E-state index in [0.717, 1.165) is 33.4 Å². The van der Waals surface area contributed by atoms with Crippen LogP contribution in [-0.4, -0.2) is 30.6 Å². The third-order valence-corrected chi connectivity index (χ3v) is 9.53. The van der Waals surface area contributed by atoms with Gasteiger partial charge in [-0.2, -0.15) is 0 Å². The van der Waals surface area contributed by atoms with Gasteiger partial charge in [0.15, 0.2) is 0 Å². The van der Waals surface area contributed by atoms with Crippen molar-refractivity contribution in [2.75, 3.05) is 0 Å². The number of aromatic hydroxyl groups is 6. The highest BCUT2D eigenvalue weighted by Gasteiger charge is 2.18. The highest BCUT2D eigenvalue weighted by atomic mass is 16.3. The van der Waals surface area contributed by atoms with Gasteiger partial charge >= 0.3 is 0 Å². The first kappa shape index (κ1) is 35.0.